The molecule has 90 valence electrons. The maximum absolute atomic E-state index is 10.8. The van der Waals surface area contributed by atoms with Crippen LogP contribution in [0.2, 0.25) is 0 Å². The molecule has 4 atom stereocenters. The first-order valence-electron chi connectivity index (χ1n) is 6.12. The standard InChI is InChI=1S/C15H18O2/c1-14(16)13(11-7-4-3-5-8-11)12-9-6-10-15(12,14)17-2/h3-9,12-13,16H,10H2,1-2H3/t12-,13+,14+,15+/m0/s1. The van der Waals surface area contributed by atoms with Crippen molar-refractivity contribution >= 4 is 0 Å². The summed E-state index contributed by atoms with van der Waals surface area (Å²) in [6.45, 7) is 1.90. The number of methoxy groups -OCH3 is 1. The van der Waals surface area contributed by atoms with Crippen molar-refractivity contribution in [1.29, 1.82) is 0 Å². The molecule has 2 nitrogen and oxygen atoms in total. The van der Waals surface area contributed by atoms with Crippen LogP contribution in [0.4, 0.5) is 0 Å². The summed E-state index contributed by atoms with van der Waals surface area (Å²) in [5.74, 6) is 0.437. The molecule has 1 aromatic rings. The Morgan fingerprint density at radius 1 is 1.29 bits per heavy atom. The third-order valence-corrected chi connectivity index (χ3v) is 4.65. The molecule has 3 rings (SSSR count). The van der Waals surface area contributed by atoms with Crippen LogP contribution in [0, 0.1) is 5.92 Å². The minimum atomic E-state index is -0.794. The van der Waals surface area contributed by atoms with E-state index >= 15 is 0 Å². The maximum Gasteiger partial charge on any atom is 0.107 e. The molecule has 2 heteroatoms. The van der Waals surface area contributed by atoms with Gasteiger partial charge in [0.15, 0.2) is 0 Å². The Labute approximate surface area is 102 Å². The monoisotopic (exact) mass is 230 g/mol. The van der Waals surface area contributed by atoms with Crippen molar-refractivity contribution in [2.45, 2.75) is 30.5 Å². The van der Waals surface area contributed by atoms with Crippen molar-refractivity contribution in [1.82, 2.24) is 0 Å². The van der Waals surface area contributed by atoms with Crippen LogP contribution in [-0.4, -0.2) is 23.4 Å². The molecule has 1 aromatic carbocycles. The molecule has 0 radical (unpaired) electrons. The van der Waals surface area contributed by atoms with Gasteiger partial charge in [0.1, 0.15) is 5.60 Å². The van der Waals surface area contributed by atoms with Crippen LogP contribution in [0.3, 0.4) is 0 Å². The van der Waals surface area contributed by atoms with Gasteiger partial charge in [0, 0.05) is 18.9 Å². The van der Waals surface area contributed by atoms with E-state index in [9.17, 15) is 5.11 Å². The highest BCUT2D eigenvalue weighted by Gasteiger charge is 2.70. The molecule has 0 bridgehead atoms. The van der Waals surface area contributed by atoms with Gasteiger partial charge >= 0.3 is 0 Å². The SMILES string of the molecule is CO[C@]12CC=C[C@H]1[C@@H](c1ccccc1)[C@@]2(C)O. The summed E-state index contributed by atoms with van der Waals surface area (Å²) < 4.78 is 5.65. The molecule has 0 heterocycles. The number of hydrogen-bond donors (Lipinski definition) is 1. The second-order valence-electron chi connectivity index (χ2n) is 5.29. The molecular formula is C15H18O2. The van der Waals surface area contributed by atoms with Crippen LogP contribution >= 0.6 is 0 Å². The Morgan fingerprint density at radius 2 is 2.00 bits per heavy atom. The van der Waals surface area contributed by atoms with Crippen LogP contribution < -0.4 is 0 Å². The number of benzene rings is 1. The smallest absolute Gasteiger partial charge is 0.107 e. The Kier molecular flexibility index (Phi) is 2.22. The summed E-state index contributed by atoms with van der Waals surface area (Å²) >= 11 is 0. The molecule has 0 amide bonds. The molecule has 2 aliphatic carbocycles. The molecule has 0 aliphatic heterocycles. The van der Waals surface area contributed by atoms with E-state index in [1.54, 1.807) is 7.11 Å². The predicted octanol–water partition coefficient (Wildman–Crippen LogP) is 2.50. The van der Waals surface area contributed by atoms with Crippen LogP contribution in [0.5, 0.6) is 0 Å². The molecule has 0 aromatic heterocycles. The van der Waals surface area contributed by atoms with Crippen molar-refractivity contribution in [3.63, 3.8) is 0 Å². The summed E-state index contributed by atoms with van der Waals surface area (Å²) in [6, 6.07) is 10.2. The maximum atomic E-state index is 10.8. The summed E-state index contributed by atoms with van der Waals surface area (Å²) in [7, 11) is 1.70. The van der Waals surface area contributed by atoms with Crippen LogP contribution in [0.25, 0.3) is 0 Å². The molecule has 1 N–H and O–H groups in total. The van der Waals surface area contributed by atoms with Gasteiger partial charge in [-0.15, -0.1) is 0 Å². The van der Waals surface area contributed by atoms with Gasteiger partial charge in [-0.05, 0) is 18.9 Å². The Hall–Kier alpha value is -1.12. The average molecular weight is 230 g/mol. The van der Waals surface area contributed by atoms with Gasteiger partial charge in [0.25, 0.3) is 0 Å². The molecule has 17 heavy (non-hydrogen) atoms. The average Bonchev–Trinajstić information content (AvgIpc) is 2.72. The van der Waals surface area contributed by atoms with E-state index in [4.69, 9.17) is 4.74 Å². The highest BCUT2D eigenvalue weighted by molar-refractivity contribution is 5.40. The van der Waals surface area contributed by atoms with Gasteiger partial charge in [-0.1, -0.05) is 42.5 Å². The topological polar surface area (TPSA) is 29.5 Å². The van der Waals surface area contributed by atoms with Gasteiger partial charge in [-0.25, -0.2) is 0 Å². The number of fused-ring (bicyclic) bond motifs is 1. The van der Waals surface area contributed by atoms with E-state index < -0.39 is 11.2 Å². The molecule has 1 saturated carbocycles. The minimum absolute atomic E-state index is 0.141. The number of rotatable bonds is 2. The number of aliphatic hydroxyl groups is 1. The van der Waals surface area contributed by atoms with E-state index in [2.05, 4.69) is 24.3 Å². The van der Waals surface area contributed by atoms with Gasteiger partial charge in [-0.3, -0.25) is 0 Å². The first kappa shape index (κ1) is 11.0. The fraction of sp³-hybridized carbons (Fsp3) is 0.467. The lowest BCUT2D eigenvalue weighted by atomic mass is 9.50. The van der Waals surface area contributed by atoms with Crippen molar-refractivity contribution in [2.75, 3.05) is 7.11 Å². The highest BCUT2D eigenvalue weighted by atomic mass is 16.5. The highest BCUT2D eigenvalue weighted by Crippen LogP contribution is 2.63. The molecule has 2 aliphatic rings. The normalized spacial score (nSPS) is 43.2. The lowest BCUT2D eigenvalue weighted by Crippen LogP contribution is -2.71. The first-order chi connectivity index (χ1) is 8.13. The summed E-state index contributed by atoms with van der Waals surface area (Å²) in [5, 5.41) is 10.8. The van der Waals surface area contributed by atoms with Crippen LogP contribution in [-0.2, 0) is 4.74 Å². The fourth-order valence-corrected chi connectivity index (χ4v) is 3.74. The third-order valence-electron chi connectivity index (χ3n) is 4.65. The van der Waals surface area contributed by atoms with E-state index in [1.807, 2.05) is 25.1 Å². The van der Waals surface area contributed by atoms with Crippen molar-refractivity contribution in [3.05, 3.63) is 48.0 Å². The van der Waals surface area contributed by atoms with Gasteiger partial charge < -0.3 is 9.84 Å². The van der Waals surface area contributed by atoms with Crippen molar-refractivity contribution in [2.24, 2.45) is 5.92 Å². The lowest BCUT2D eigenvalue weighted by Gasteiger charge is -2.62. The molecule has 0 saturated heterocycles. The van der Waals surface area contributed by atoms with Gasteiger partial charge in [0.05, 0.1) is 5.60 Å². The minimum Gasteiger partial charge on any atom is -0.386 e. The summed E-state index contributed by atoms with van der Waals surface area (Å²) in [4.78, 5) is 0. The quantitative estimate of drug-likeness (QED) is 0.791. The van der Waals surface area contributed by atoms with E-state index in [0.29, 0.717) is 5.92 Å². The Bertz CT molecular complexity index is 449. The van der Waals surface area contributed by atoms with Crippen LogP contribution in [0.15, 0.2) is 42.5 Å². The summed E-state index contributed by atoms with van der Waals surface area (Å²) in [5.41, 5.74) is -0.00755. The zero-order chi connectivity index (χ0) is 12.1. The second-order valence-corrected chi connectivity index (χ2v) is 5.29. The Balaban J connectivity index is 2.01. The number of ether oxygens (including phenoxy) is 1. The summed E-state index contributed by atoms with van der Waals surface area (Å²) in [6.07, 6.45) is 5.13. The van der Waals surface area contributed by atoms with Crippen molar-refractivity contribution < 1.29 is 9.84 Å². The second kappa shape index (κ2) is 3.44. The van der Waals surface area contributed by atoms with Crippen LogP contribution in [0.1, 0.15) is 24.8 Å². The predicted molar refractivity (Wildman–Crippen MR) is 66.8 cm³/mol. The molecular weight excluding hydrogens is 212 g/mol. The zero-order valence-corrected chi connectivity index (χ0v) is 10.3. The lowest BCUT2D eigenvalue weighted by molar-refractivity contribution is -0.262. The largest absolute Gasteiger partial charge is 0.386 e. The molecule has 1 fully saturated rings. The Morgan fingerprint density at radius 3 is 2.65 bits per heavy atom. The van der Waals surface area contributed by atoms with Gasteiger partial charge in [0.2, 0.25) is 0 Å². The van der Waals surface area contributed by atoms with E-state index in [0.717, 1.165) is 6.42 Å². The molecule has 0 unspecified atom stereocenters. The number of hydrogen-bond acceptors (Lipinski definition) is 2. The van der Waals surface area contributed by atoms with E-state index in [1.165, 1.54) is 5.56 Å². The first-order valence-corrected chi connectivity index (χ1v) is 6.12. The molecule has 0 spiro atoms. The van der Waals surface area contributed by atoms with E-state index in [-0.39, 0.29) is 5.92 Å². The van der Waals surface area contributed by atoms with Crippen molar-refractivity contribution in [3.8, 4) is 0 Å². The fourth-order valence-electron chi connectivity index (χ4n) is 3.74. The van der Waals surface area contributed by atoms with Gasteiger partial charge in [-0.2, -0.15) is 0 Å². The zero-order valence-electron chi connectivity index (χ0n) is 10.3. The third kappa shape index (κ3) is 1.17.